The fourth-order valence-corrected chi connectivity index (χ4v) is 1.43. The zero-order chi connectivity index (χ0) is 9.68. The average molecular weight is 238 g/mol. The molecule has 0 spiro atoms. The third-order valence-electron chi connectivity index (χ3n) is 1.37. The Hall–Kier alpha value is -0.750. The molecule has 0 saturated heterocycles. The Kier molecular flexibility index (Phi) is 6.31. The van der Waals surface area contributed by atoms with Gasteiger partial charge in [0.15, 0.2) is 0 Å². The summed E-state index contributed by atoms with van der Waals surface area (Å²) in [5.74, 6) is 0.404. The maximum absolute atomic E-state index is 11.0. The summed E-state index contributed by atoms with van der Waals surface area (Å²) in [5, 5.41) is 7.10. The number of rotatable bonds is 3. The third kappa shape index (κ3) is 4.48. The van der Waals surface area contributed by atoms with Gasteiger partial charge in [-0.3, -0.25) is 10.5 Å². The minimum atomic E-state index is -0.246. The summed E-state index contributed by atoms with van der Waals surface area (Å²) in [6.45, 7) is 2.18. The van der Waals surface area contributed by atoms with Gasteiger partial charge in [-0.05, 0) is 18.7 Å². The zero-order valence-electron chi connectivity index (χ0n) is 7.75. The molecule has 80 valence electrons. The molecule has 1 rings (SSSR count). The summed E-state index contributed by atoms with van der Waals surface area (Å²) in [6, 6.07) is 0. The second-order valence-electron chi connectivity index (χ2n) is 2.42. The largest absolute Gasteiger partial charge is 1.00 e. The summed E-state index contributed by atoms with van der Waals surface area (Å²) in [6.07, 6.45) is 0.237. The van der Waals surface area contributed by atoms with Crippen LogP contribution in [0.2, 0.25) is 0 Å². The van der Waals surface area contributed by atoms with E-state index in [1.165, 1.54) is 11.8 Å². The molecule has 0 unspecified atom stereocenters. The molecule has 0 bridgehead atoms. The van der Waals surface area contributed by atoms with E-state index in [1.807, 2.05) is 0 Å². The lowest BCUT2D eigenvalue weighted by atomic mass is 10.3. The van der Waals surface area contributed by atoms with Gasteiger partial charge in [-0.1, -0.05) is 5.10 Å². The highest BCUT2D eigenvalue weighted by molar-refractivity contribution is 8.14. The second kappa shape index (κ2) is 6.67. The first-order chi connectivity index (χ1) is 6.22. The lowest BCUT2D eigenvalue weighted by Gasteiger charge is -2.05. The van der Waals surface area contributed by atoms with Crippen LogP contribution in [0.3, 0.4) is 0 Å². The van der Waals surface area contributed by atoms with Crippen molar-refractivity contribution in [2.24, 2.45) is 10.8 Å². The molecule has 0 aromatic rings. The van der Waals surface area contributed by atoms with Crippen LogP contribution < -0.4 is 23.2 Å². The standard InChI is InChI=1S/C7H11N3O2S.ClH/c1-2-12-6(11)3-5-4-13-7(8)10-9-5;/h2-4H2,1H3,(H2,8,10);1H. The molecule has 14 heavy (non-hydrogen) atoms. The predicted octanol–water partition coefficient (Wildman–Crippen LogP) is -4.56. The number of carbonyl (C=O) groups is 1. The molecule has 0 saturated carbocycles. The van der Waals surface area contributed by atoms with Gasteiger partial charge in [-0.15, -0.1) is 5.10 Å². The summed E-state index contributed by atoms with van der Waals surface area (Å²) >= 11 is 1.43. The van der Waals surface area contributed by atoms with E-state index in [0.29, 0.717) is 17.5 Å². The van der Waals surface area contributed by atoms with Gasteiger partial charge in [-0.25, -0.2) is 0 Å². The molecular formula is C7H12ClN3O2S. The minimum absolute atomic E-state index is 0. The van der Waals surface area contributed by atoms with Crippen molar-refractivity contribution in [3.8, 4) is 0 Å². The molecule has 0 radical (unpaired) electrons. The van der Waals surface area contributed by atoms with E-state index in [4.69, 9.17) is 10.5 Å². The van der Waals surface area contributed by atoms with Crippen molar-refractivity contribution in [1.29, 1.82) is 0 Å². The Balaban J connectivity index is 0.00000169. The molecule has 3 N–H and O–H groups in total. The van der Waals surface area contributed by atoms with Crippen molar-refractivity contribution < 1.29 is 27.0 Å². The van der Waals surface area contributed by atoms with Gasteiger partial charge in [-0.2, -0.15) is 0 Å². The Labute approximate surface area is 92.6 Å². The average Bonchev–Trinajstić information content (AvgIpc) is 2.09. The number of hydrazone groups is 1. The van der Waals surface area contributed by atoms with Crippen molar-refractivity contribution in [1.82, 2.24) is 0 Å². The molecule has 7 heteroatoms. The number of nitrogens with one attached hydrogen (secondary N) is 1. The maximum atomic E-state index is 11.0. The van der Waals surface area contributed by atoms with Crippen molar-refractivity contribution in [3.05, 3.63) is 0 Å². The molecule has 0 aromatic heterocycles. The summed E-state index contributed by atoms with van der Waals surface area (Å²) < 4.78 is 4.78. The van der Waals surface area contributed by atoms with Gasteiger partial charge >= 0.3 is 11.1 Å². The maximum Gasteiger partial charge on any atom is 0.327 e. The van der Waals surface area contributed by atoms with Gasteiger partial charge in [0, 0.05) is 5.75 Å². The molecule has 0 aliphatic carbocycles. The van der Waals surface area contributed by atoms with Crippen molar-refractivity contribution in [2.45, 2.75) is 13.3 Å². The van der Waals surface area contributed by atoms with Crippen molar-refractivity contribution in [3.63, 3.8) is 0 Å². The van der Waals surface area contributed by atoms with E-state index < -0.39 is 0 Å². The van der Waals surface area contributed by atoms with E-state index in [-0.39, 0.29) is 24.8 Å². The number of amidine groups is 1. The number of hydrogen-bond donors (Lipinski definition) is 2. The van der Waals surface area contributed by atoms with Gasteiger partial charge in [0.05, 0.1) is 18.7 Å². The van der Waals surface area contributed by atoms with Crippen LogP contribution in [-0.4, -0.2) is 29.2 Å². The summed E-state index contributed by atoms with van der Waals surface area (Å²) in [4.78, 5) is 11.0. The first-order valence-electron chi connectivity index (χ1n) is 3.94. The van der Waals surface area contributed by atoms with Crippen LogP contribution in [-0.2, 0) is 9.53 Å². The van der Waals surface area contributed by atoms with Gasteiger partial charge in [0.2, 0.25) is 0 Å². The smallest absolute Gasteiger partial charge is 0.327 e. The molecule has 5 nitrogen and oxygen atoms in total. The van der Waals surface area contributed by atoms with Crippen molar-refractivity contribution >= 4 is 28.6 Å². The number of thioether (sulfide) groups is 1. The zero-order valence-corrected chi connectivity index (χ0v) is 9.32. The topological polar surface area (TPSA) is 78.6 Å². The number of nitrogens with two attached hydrogens (primary N) is 1. The number of carbonyl (C=O) groups excluding carboxylic acids is 1. The lowest BCUT2D eigenvalue weighted by Crippen LogP contribution is -3.00. The Morgan fingerprint density at radius 3 is 3.00 bits per heavy atom. The predicted molar refractivity (Wildman–Crippen MR) is 51.3 cm³/mol. The molecule has 0 aromatic carbocycles. The van der Waals surface area contributed by atoms with Crippen LogP contribution in [0.25, 0.3) is 0 Å². The number of nitrogens with zero attached hydrogens (tertiary/aromatic N) is 1. The lowest BCUT2D eigenvalue weighted by molar-refractivity contribution is -0.460. The molecular weight excluding hydrogens is 226 g/mol. The normalized spacial score (nSPS) is 14.9. The second-order valence-corrected chi connectivity index (χ2v) is 3.44. The van der Waals surface area contributed by atoms with Crippen LogP contribution in [0.1, 0.15) is 13.3 Å². The number of hydrogen-bond acceptors (Lipinski definition) is 5. The SMILES string of the molecule is CCOC(=O)CC1=N[NH+]=C(N)SC1.[Cl-]. The quantitative estimate of drug-likeness (QED) is 0.485. The highest BCUT2D eigenvalue weighted by atomic mass is 35.5. The van der Waals surface area contributed by atoms with E-state index in [2.05, 4.69) is 10.2 Å². The molecule has 1 aliphatic rings. The number of esters is 1. The van der Waals surface area contributed by atoms with Crippen LogP contribution >= 0.6 is 11.8 Å². The highest BCUT2D eigenvalue weighted by Gasteiger charge is 2.15. The monoisotopic (exact) mass is 237 g/mol. The van der Waals surface area contributed by atoms with Gasteiger partial charge < -0.3 is 17.1 Å². The van der Waals surface area contributed by atoms with E-state index in [0.717, 1.165) is 5.71 Å². The van der Waals surface area contributed by atoms with Crippen LogP contribution in [0, 0.1) is 0 Å². The van der Waals surface area contributed by atoms with Crippen LogP contribution in [0.4, 0.5) is 0 Å². The molecule has 0 fully saturated rings. The summed E-state index contributed by atoms with van der Waals surface area (Å²) in [7, 11) is 0. The fourth-order valence-electron chi connectivity index (χ4n) is 0.829. The van der Waals surface area contributed by atoms with E-state index >= 15 is 0 Å². The first kappa shape index (κ1) is 13.2. The number of halogens is 1. The molecule has 0 atom stereocenters. The van der Waals surface area contributed by atoms with E-state index in [1.54, 1.807) is 6.92 Å². The first-order valence-corrected chi connectivity index (χ1v) is 4.93. The van der Waals surface area contributed by atoms with Gasteiger partial charge in [0.25, 0.3) is 0 Å². The van der Waals surface area contributed by atoms with Crippen molar-refractivity contribution in [2.75, 3.05) is 12.4 Å². The van der Waals surface area contributed by atoms with Crippen LogP contribution in [0.15, 0.2) is 5.10 Å². The number of ether oxygens (including phenoxy) is 1. The molecule has 0 amide bonds. The fraction of sp³-hybridized carbons (Fsp3) is 0.571. The minimum Gasteiger partial charge on any atom is -1.00 e. The Morgan fingerprint density at radius 2 is 2.50 bits per heavy atom. The summed E-state index contributed by atoms with van der Waals surface area (Å²) in [5.41, 5.74) is 6.19. The molecule has 1 heterocycles. The van der Waals surface area contributed by atoms with E-state index in [9.17, 15) is 4.79 Å². The Morgan fingerprint density at radius 1 is 1.79 bits per heavy atom. The molecule has 1 aliphatic heterocycles. The Bertz CT molecular complexity index is 268. The third-order valence-corrected chi connectivity index (χ3v) is 2.25. The highest BCUT2D eigenvalue weighted by Crippen LogP contribution is 2.02. The van der Waals surface area contributed by atoms with Crippen LogP contribution in [0.5, 0.6) is 0 Å². The van der Waals surface area contributed by atoms with Gasteiger partial charge in [0.1, 0.15) is 0 Å².